The predicted octanol–water partition coefficient (Wildman–Crippen LogP) is 3.92. The van der Waals surface area contributed by atoms with Gasteiger partial charge in [0.1, 0.15) is 11.6 Å². The summed E-state index contributed by atoms with van der Waals surface area (Å²) in [4.78, 5) is 12.3. The van der Waals surface area contributed by atoms with E-state index in [1.165, 1.54) is 20.4 Å². The van der Waals surface area contributed by atoms with E-state index < -0.39 is 5.91 Å². The Morgan fingerprint density at radius 3 is 2.52 bits per heavy atom. The summed E-state index contributed by atoms with van der Waals surface area (Å²) >= 11 is 3.36. The van der Waals surface area contributed by atoms with Gasteiger partial charge in [-0.2, -0.15) is 5.26 Å². The first kappa shape index (κ1) is 18.4. The minimum atomic E-state index is -0.530. The van der Waals surface area contributed by atoms with Gasteiger partial charge in [0.15, 0.2) is 11.5 Å². The summed E-state index contributed by atoms with van der Waals surface area (Å²) in [5.74, 6) is 0.500. The van der Waals surface area contributed by atoms with Crippen molar-refractivity contribution in [3.8, 4) is 17.6 Å². The molecule has 25 heavy (non-hydrogen) atoms. The van der Waals surface area contributed by atoms with Crippen molar-refractivity contribution >= 4 is 33.2 Å². The normalized spacial score (nSPS) is 10.6. The maximum absolute atomic E-state index is 12.3. The first-order valence-electron chi connectivity index (χ1n) is 7.23. The number of hydrogen-bond acceptors (Lipinski definition) is 5. The molecule has 1 amide bonds. The average Bonchev–Trinajstić information content (AvgIpc) is 2.62. The molecule has 2 N–H and O–H groups in total. The Kier molecular flexibility index (Phi) is 6.43. The second-order valence-corrected chi connectivity index (χ2v) is 5.76. The Morgan fingerprint density at radius 2 is 1.88 bits per heavy atom. The van der Waals surface area contributed by atoms with Crippen molar-refractivity contribution in [2.75, 3.05) is 24.9 Å². The zero-order chi connectivity index (χ0) is 18.2. The van der Waals surface area contributed by atoms with Gasteiger partial charge in [-0.15, -0.1) is 0 Å². The molecule has 7 heteroatoms. The molecule has 0 radical (unpaired) electrons. The van der Waals surface area contributed by atoms with Crippen LogP contribution in [-0.4, -0.2) is 20.1 Å². The van der Waals surface area contributed by atoms with Crippen molar-refractivity contribution in [3.63, 3.8) is 0 Å². The van der Waals surface area contributed by atoms with Crippen LogP contribution in [0, 0.1) is 11.3 Å². The van der Waals surface area contributed by atoms with Crippen LogP contribution < -0.4 is 20.1 Å². The molecular weight excluding hydrogens is 386 g/mol. The molecule has 0 saturated heterocycles. The number of hydrogen-bond donors (Lipinski definition) is 2. The van der Waals surface area contributed by atoms with Crippen LogP contribution in [0.2, 0.25) is 0 Å². The fourth-order valence-electron chi connectivity index (χ4n) is 1.99. The van der Waals surface area contributed by atoms with E-state index in [0.29, 0.717) is 17.2 Å². The molecule has 2 rings (SSSR count). The van der Waals surface area contributed by atoms with Crippen molar-refractivity contribution in [1.29, 1.82) is 5.26 Å². The zero-order valence-electron chi connectivity index (χ0n) is 13.7. The highest BCUT2D eigenvalue weighted by atomic mass is 79.9. The van der Waals surface area contributed by atoms with Crippen molar-refractivity contribution in [2.45, 2.75) is 0 Å². The molecule has 128 valence electrons. The number of anilines is 2. The van der Waals surface area contributed by atoms with E-state index in [-0.39, 0.29) is 5.57 Å². The van der Waals surface area contributed by atoms with Gasteiger partial charge < -0.3 is 20.1 Å². The van der Waals surface area contributed by atoms with Gasteiger partial charge in [-0.1, -0.05) is 22.0 Å². The first-order valence-corrected chi connectivity index (χ1v) is 8.02. The maximum atomic E-state index is 12.3. The van der Waals surface area contributed by atoms with Crippen molar-refractivity contribution in [3.05, 3.63) is 58.7 Å². The van der Waals surface area contributed by atoms with Crippen LogP contribution in [0.5, 0.6) is 11.5 Å². The lowest BCUT2D eigenvalue weighted by atomic mass is 10.2. The number of carbonyl (C=O) groups excluding carboxylic acids is 1. The predicted molar refractivity (Wildman–Crippen MR) is 99.6 cm³/mol. The third-order valence-corrected chi connectivity index (χ3v) is 3.71. The number of nitriles is 1. The number of methoxy groups -OCH3 is 2. The fraction of sp³-hybridized carbons (Fsp3) is 0.111. The summed E-state index contributed by atoms with van der Waals surface area (Å²) in [5.41, 5.74) is 1.18. The summed E-state index contributed by atoms with van der Waals surface area (Å²) in [5, 5.41) is 14.8. The quantitative estimate of drug-likeness (QED) is 0.565. The molecule has 2 aromatic carbocycles. The van der Waals surface area contributed by atoms with E-state index in [2.05, 4.69) is 26.6 Å². The number of benzene rings is 2. The van der Waals surface area contributed by atoms with E-state index in [9.17, 15) is 10.1 Å². The van der Waals surface area contributed by atoms with Crippen LogP contribution in [0.1, 0.15) is 0 Å². The Bertz CT molecular complexity index is 844. The molecule has 2 aromatic rings. The third kappa shape index (κ3) is 4.99. The number of amides is 1. The van der Waals surface area contributed by atoms with Gasteiger partial charge in [-0.05, 0) is 30.3 Å². The molecule has 0 aliphatic heterocycles. The fourth-order valence-corrected chi connectivity index (χ4v) is 2.39. The third-order valence-electron chi connectivity index (χ3n) is 3.21. The van der Waals surface area contributed by atoms with E-state index in [1.807, 2.05) is 30.3 Å². The van der Waals surface area contributed by atoms with Gasteiger partial charge in [-0.25, -0.2) is 0 Å². The molecule has 0 fully saturated rings. The van der Waals surface area contributed by atoms with Gasteiger partial charge in [-0.3, -0.25) is 4.79 Å². The molecule has 6 nitrogen and oxygen atoms in total. The number of nitrogens with zero attached hydrogens (tertiary/aromatic N) is 1. The Labute approximate surface area is 154 Å². The monoisotopic (exact) mass is 401 g/mol. The Hall–Kier alpha value is -2.98. The van der Waals surface area contributed by atoms with Gasteiger partial charge in [0.05, 0.1) is 14.2 Å². The molecule has 0 atom stereocenters. The highest BCUT2D eigenvalue weighted by molar-refractivity contribution is 9.10. The molecule has 0 aliphatic rings. The molecule has 0 saturated carbocycles. The minimum Gasteiger partial charge on any atom is -0.493 e. The van der Waals surface area contributed by atoms with Gasteiger partial charge >= 0.3 is 0 Å². The zero-order valence-corrected chi connectivity index (χ0v) is 15.3. The SMILES string of the molecule is COc1ccc(NC(=O)/C(C#N)=C\Nc2cccc(Br)c2)cc1OC. The summed E-state index contributed by atoms with van der Waals surface area (Å²) in [7, 11) is 3.03. The van der Waals surface area contributed by atoms with E-state index >= 15 is 0 Å². The summed E-state index contributed by atoms with van der Waals surface area (Å²) in [6.45, 7) is 0. The highest BCUT2D eigenvalue weighted by Crippen LogP contribution is 2.29. The second kappa shape index (κ2) is 8.76. The number of nitrogens with one attached hydrogen (secondary N) is 2. The Morgan fingerprint density at radius 1 is 1.12 bits per heavy atom. The lowest BCUT2D eigenvalue weighted by Crippen LogP contribution is -2.14. The molecule has 0 aliphatic carbocycles. The van der Waals surface area contributed by atoms with Gasteiger partial charge in [0.25, 0.3) is 5.91 Å². The van der Waals surface area contributed by atoms with Crippen LogP contribution in [0.4, 0.5) is 11.4 Å². The van der Waals surface area contributed by atoms with E-state index in [4.69, 9.17) is 9.47 Å². The molecule has 0 spiro atoms. The summed E-state index contributed by atoms with van der Waals surface area (Å²) in [6.07, 6.45) is 1.36. The van der Waals surface area contributed by atoms with E-state index in [0.717, 1.165) is 10.2 Å². The topological polar surface area (TPSA) is 83.4 Å². The number of carbonyl (C=O) groups is 1. The van der Waals surface area contributed by atoms with Gasteiger partial charge in [0.2, 0.25) is 0 Å². The molecule has 0 aromatic heterocycles. The highest BCUT2D eigenvalue weighted by Gasteiger charge is 2.11. The van der Waals surface area contributed by atoms with Crippen molar-refractivity contribution in [1.82, 2.24) is 0 Å². The number of rotatable bonds is 6. The van der Waals surface area contributed by atoms with Crippen molar-refractivity contribution < 1.29 is 14.3 Å². The molecule has 0 unspecified atom stereocenters. The lowest BCUT2D eigenvalue weighted by Gasteiger charge is -2.10. The maximum Gasteiger partial charge on any atom is 0.267 e. The van der Waals surface area contributed by atoms with Gasteiger partial charge in [0, 0.05) is 28.1 Å². The molecule has 0 heterocycles. The van der Waals surface area contributed by atoms with Crippen LogP contribution in [-0.2, 0) is 4.79 Å². The van der Waals surface area contributed by atoms with Crippen molar-refractivity contribution in [2.24, 2.45) is 0 Å². The molecule has 0 bridgehead atoms. The summed E-state index contributed by atoms with van der Waals surface area (Å²) < 4.78 is 11.2. The van der Waals surface area contributed by atoms with Crippen LogP contribution in [0.3, 0.4) is 0 Å². The first-order chi connectivity index (χ1) is 12.1. The lowest BCUT2D eigenvalue weighted by molar-refractivity contribution is -0.112. The molecular formula is C18H16BrN3O3. The largest absolute Gasteiger partial charge is 0.493 e. The smallest absolute Gasteiger partial charge is 0.267 e. The van der Waals surface area contributed by atoms with Crippen LogP contribution in [0.15, 0.2) is 58.7 Å². The minimum absolute atomic E-state index is 0.0604. The second-order valence-electron chi connectivity index (χ2n) is 4.85. The van der Waals surface area contributed by atoms with Crippen LogP contribution in [0.25, 0.3) is 0 Å². The van der Waals surface area contributed by atoms with Crippen LogP contribution >= 0.6 is 15.9 Å². The Balaban J connectivity index is 2.12. The number of ether oxygens (including phenoxy) is 2. The summed E-state index contributed by atoms with van der Waals surface area (Å²) in [6, 6.07) is 14.2. The standard InChI is InChI=1S/C18H16BrN3O3/c1-24-16-7-6-15(9-17(16)25-2)22-18(23)12(10-20)11-21-14-5-3-4-13(19)8-14/h3-9,11,21H,1-2H3,(H,22,23)/b12-11-. The number of halogens is 1. The van der Waals surface area contributed by atoms with E-state index in [1.54, 1.807) is 18.2 Å². The average molecular weight is 402 g/mol.